The Balaban J connectivity index is 1.27. The first-order chi connectivity index (χ1) is 21.3. The first-order valence-electron chi connectivity index (χ1n) is 14.3. The molecule has 202 valence electrons. The number of hydrogen-bond acceptors (Lipinski definition) is 4. The van der Waals surface area contributed by atoms with E-state index in [0.29, 0.717) is 17.5 Å². The normalized spacial score (nSPS) is 11.3. The first kappa shape index (κ1) is 24.9. The minimum Gasteiger partial charge on any atom is -0.455 e. The zero-order valence-corrected chi connectivity index (χ0v) is 23.2. The highest BCUT2D eigenvalue weighted by Gasteiger charge is 2.18. The molecule has 0 N–H and O–H groups in total. The van der Waals surface area contributed by atoms with Crippen molar-refractivity contribution in [3.63, 3.8) is 0 Å². The Morgan fingerprint density at radius 1 is 0.349 bits per heavy atom. The number of para-hydroxylation sites is 1. The lowest BCUT2D eigenvalue weighted by molar-refractivity contribution is 0.669. The highest BCUT2D eigenvalue weighted by molar-refractivity contribution is 6.10. The molecule has 0 bridgehead atoms. The first-order valence-corrected chi connectivity index (χ1v) is 14.3. The highest BCUT2D eigenvalue weighted by Crippen LogP contribution is 2.38. The van der Waals surface area contributed by atoms with Crippen LogP contribution in [0.1, 0.15) is 0 Å². The Bertz CT molecular complexity index is 2170. The SMILES string of the molecule is c1ccc(-c2cccc(-c3ccc4c(c3)oc3c(-c5nc(-c6ccccc6)nc(-c6ccccc6)n5)cccc34)c2)cc1. The van der Waals surface area contributed by atoms with E-state index in [1.54, 1.807) is 0 Å². The molecule has 6 aromatic carbocycles. The van der Waals surface area contributed by atoms with Gasteiger partial charge in [0.05, 0.1) is 5.56 Å². The summed E-state index contributed by atoms with van der Waals surface area (Å²) in [7, 11) is 0. The average molecular weight is 552 g/mol. The zero-order valence-electron chi connectivity index (χ0n) is 23.2. The molecule has 8 aromatic rings. The molecule has 8 rings (SSSR count). The molecule has 0 amide bonds. The van der Waals surface area contributed by atoms with Crippen molar-refractivity contribution in [3.8, 4) is 56.4 Å². The molecule has 4 heteroatoms. The molecule has 0 aliphatic heterocycles. The molecule has 2 aromatic heterocycles. The van der Waals surface area contributed by atoms with Gasteiger partial charge in [0, 0.05) is 21.9 Å². The van der Waals surface area contributed by atoms with Crippen LogP contribution in [0.15, 0.2) is 156 Å². The number of hydrogen-bond donors (Lipinski definition) is 0. The average Bonchev–Trinajstić information content (AvgIpc) is 3.47. The van der Waals surface area contributed by atoms with Crippen molar-refractivity contribution in [1.29, 1.82) is 0 Å². The molecule has 4 nitrogen and oxygen atoms in total. The lowest BCUT2D eigenvalue weighted by Crippen LogP contribution is -2.00. The summed E-state index contributed by atoms with van der Waals surface area (Å²) in [6, 6.07) is 51.7. The Labute approximate surface area is 249 Å². The lowest BCUT2D eigenvalue weighted by Gasteiger charge is -2.08. The summed E-state index contributed by atoms with van der Waals surface area (Å²) in [6.45, 7) is 0. The molecule has 0 aliphatic carbocycles. The van der Waals surface area contributed by atoms with E-state index in [-0.39, 0.29) is 0 Å². The van der Waals surface area contributed by atoms with Crippen LogP contribution in [0.3, 0.4) is 0 Å². The van der Waals surface area contributed by atoms with Crippen molar-refractivity contribution in [3.05, 3.63) is 152 Å². The molecule has 0 fully saturated rings. The van der Waals surface area contributed by atoms with Gasteiger partial charge < -0.3 is 4.42 Å². The monoisotopic (exact) mass is 551 g/mol. The summed E-state index contributed by atoms with van der Waals surface area (Å²) in [4.78, 5) is 14.7. The van der Waals surface area contributed by atoms with E-state index in [9.17, 15) is 0 Å². The van der Waals surface area contributed by atoms with Crippen molar-refractivity contribution in [2.75, 3.05) is 0 Å². The van der Waals surface area contributed by atoms with E-state index >= 15 is 0 Å². The highest BCUT2D eigenvalue weighted by atomic mass is 16.3. The second-order valence-corrected chi connectivity index (χ2v) is 10.5. The molecule has 0 aliphatic rings. The smallest absolute Gasteiger partial charge is 0.167 e. The third kappa shape index (κ3) is 4.65. The summed E-state index contributed by atoms with van der Waals surface area (Å²) in [5, 5.41) is 2.08. The van der Waals surface area contributed by atoms with Gasteiger partial charge in [-0.05, 0) is 46.5 Å². The molecule has 0 saturated carbocycles. The lowest BCUT2D eigenvalue weighted by atomic mass is 9.98. The maximum atomic E-state index is 6.61. The van der Waals surface area contributed by atoms with Crippen molar-refractivity contribution < 1.29 is 4.42 Å². The van der Waals surface area contributed by atoms with Gasteiger partial charge in [-0.1, -0.05) is 127 Å². The molecular weight excluding hydrogens is 526 g/mol. The molecule has 0 unspecified atom stereocenters. The number of benzene rings is 6. The van der Waals surface area contributed by atoms with Crippen LogP contribution in [0, 0.1) is 0 Å². The number of aromatic nitrogens is 3. The third-order valence-corrected chi connectivity index (χ3v) is 7.74. The van der Waals surface area contributed by atoms with Gasteiger partial charge in [0.2, 0.25) is 0 Å². The quantitative estimate of drug-likeness (QED) is 0.214. The van der Waals surface area contributed by atoms with Gasteiger partial charge in [-0.25, -0.2) is 15.0 Å². The summed E-state index contributed by atoms with van der Waals surface area (Å²) in [6.07, 6.45) is 0. The Hall–Kier alpha value is -5.87. The maximum Gasteiger partial charge on any atom is 0.167 e. The van der Waals surface area contributed by atoms with Crippen LogP contribution in [0.25, 0.3) is 78.4 Å². The fourth-order valence-corrected chi connectivity index (χ4v) is 5.59. The Kier molecular flexibility index (Phi) is 6.08. The second-order valence-electron chi connectivity index (χ2n) is 10.5. The van der Waals surface area contributed by atoms with E-state index in [1.165, 1.54) is 11.1 Å². The van der Waals surface area contributed by atoms with Crippen molar-refractivity contribution in [2.45, 2.75) is 0 Å². The topological polar surface area (TPSA) is 51.8 Å². The van der Waals surface area contributed by atoms with Gasteiger partial charge in [-0.15, -0.1) is 0 Å². The molecule has 0 atom stereocenters. The standard InChI is InChI=1S/C39H25N3O/c1-4-12-26(13-5-1)29-18-10-19-30(24-29)31-22-23-32-33-20-11-21-34(36(33)43-35(32)25-31)39-41-37(27-14-6-2-7-15-27)40-38(42-39)28-16-8-3-9-17-28/h1-25H. The van der Waals surface area contributed by atoms with Crippen LogP contribution < -0.4 is 0 Å². The van der Waals surface area contributed by atoms with Crippen molar-refractivity contribution in [2.24, 2.45) is 0 Å². The van der Waals surface area contributed by atoms with E-state index in [0.717, 1.165) is 49.8 Å². The Morgan fingerprint density at radius 3 is 1.51 bits per heavy atom. The van der Waals surface area contributed by atoms with E-state index in [1.807, 2.05) is 78.9 Å². The minimum atomic E-state index is 0.577. The number of nitrogens with zero attached hydrogens (tertiary/aromatic N) is 3. The molecule has 0 spiro atoms. The van der Waals surface area contributed by atoms with E-state index in [2.05, 4.69) is 72.8 Å². The van der Waals surface area contributed by atoms with Crippen LogP contribution in [0.2, 0.25) is 0 Å². The number of furan rings is 1. The number of fused-ring (bicyclic) bond motifs is 3. The predicted molar refractivity (Wildman–Crippen MR) is 174 cm³/mol. The maximum absolute atomic E-state index is 6.61. The van der Waals surface area contributed by atoms with Gasteiger partial charge in [0.25, 0.3) is 0 Å². The van der Waals surface area contributed by atoms with Crippen LogP contribution in [-0.4, -0.2) is 15.0 Å². The molecular formula is C39H25N3O. The fourth-order valence-electron chi connectivity index (χ4n) is 5.59. The van der Waals surface area contributed by atoms with Crippen LogP contribution in [-0.2, 0) is 0 Å². The predicted octanol–water partition coefficient (Wildman–Crippen LogP) is 10.1. The fraction of sp³-hybridized carbons (Fsp3) is 0. The van der Waals surface area contributed by atoms with Crippen molar-refractivity contribution in [1.82, 2.24) is 15.0 Å². The molecule has 2 heterocycles. The molecule has 0 radical (unpaired) electrons. The third-order valence-electron chi connectivity index (χ3n) is 7.74. The zero-order chi connectivity index (χ0) is 28.6. The van der Waals surface area contributed by atoms with Gasteiger partial charge in [-0.3, -0.25) is 0 Å². The van der Waals surface area contributed by atoms with Gasteiger partial charge in [0.15, 0.2) is 17.5 Å². The summed E-state index contributed by atoms with van der Waals surface area (Å²) in [5.74, 6) is 1.82. The summed E-state index contributed by atoms with van der Waals surface area (Å²) in [5.41, 5.74) is 8.90. The minimum absolute atomic E-state index is 0.577. The summed E-state index contributed by atoms with van der Waals surface area (Å²) >= 11 is 0. The molecule has 0 saturated heterocycles. The van der Waals surface area contributed by atoms with E-state index in [4.69, 9.17) is 19.4 Å². The van der Waals surface area contributed by atoms with Gasteiger partial charge in [0.1, 0.15) is 11.2 Å². The number of rotatable bonds is 5. The molecule has 43 heavy (non-hydrogen) atoms. The van der Waals surface area contributed by atoms with Crippen LogP contribution in [0.4, 0.5) is 0 Å². The van der Waals surface area contributed by atoms with Gasteiger partial charge >= 0.3 is 0 Å². The summed E-state index contributed by atoms with van der Waals surface area (Å²) < 4.78 is 6.61. The van der Waals surface area contributed by atoms with Crippen LogP contribution >= 0.6 is 0 Å². The Morgan fingerprint density at radius 2 is 0.860 bits per heavy atom. The largest absolute Gasteiger partial charge is 0.455 e. The van der Waals surface area contributed by atoms with E-state index < -0.39 is 0 Å². The van der Waals surface area contributed by atoms with Gasteiger partial charge in [-0.2, -0.15) is 0 Å². The van der Waals surface area contributed by atoms with Crippen molar-refractivity contribution >= 4 is 21.9 Å². The van der Waals surface area contributed by atoms with Crippen LogP contribution in [0.5, 0.6) is 0 Å². The second kappa shape index (κ2) is 10.5.